The quantitative estimate of drug-likeness (QED) is 0.505. The summed E-state index contributed by atoms with van der Waals surface area (Å²) in [6, 6.07) is 0. The summed E-state index contributed by atoms with van der Waals surface area (Å²) in [7, 11) is 0. The molecule has 3 aliphatic carbocycles. The van der Waals surface area contributed by atoms with Gasteiger partial charge in [0.1, 0.15) is 18.0 Å². The maximum absolute atomic E-state index is 13.4. The third-order valence-corrected chi connectivity index (χ3v) is 8.44. The summed E-state index contributed by atoms with van der Waals surface area (Å²) in [6.07, 6.45) is 4.69. The van der Waals surface area contributed by atoms with Gasteiger partial charge in [0.2, 0.25) is 0 Å². The second-order valence-corrected chi connectivity index (χ2v) is 9.64. The number of cyclic esters (lactones) is 1. The van der Waals surface area contributed by atoms with E-state index in [9.17, 15) is 9.59 Å². The third-order valence-electron chi connectivity index (χ3n) is 8.44. The van der Waals surface area contributed by atoms with Crippen molar-refractivity contribution in [3.63, 3.8) is 0 Å². The molecule has 1 spiro atoms. The number of fused-ring (bicyclic) bond motifs is 2. The van der Waals surface area contributed by atoms with Crippen LogP contribution in [0.15, 0.2) is 11.1 Å². The van der Waals surface area contributed by atoms with Crippen molar-refractivity contribution in [2.75, 3.05) is 6.61 Å². The van der Waals surface area contributed by atoms with Crippen LogP contribution in [-0.4, -0.2) is 30.1 Å². The molecule has 0 radical (unpaired) electrons. The molecule has 3 fully saturated rings. The van der Waals surface area contributed by atoms with Crippen molar-refractivity contribution in [3.8, 4) is 0 Å². The van der Waals surface area contributed by atoms with Crippen LogP contribution in [0, 0.1) is 22.2 Å². The number of carbonyl (C=O) groups is 2. The first-order valence-corrected chi connectivity index (χ1v) is 9.29. The van der Waals surface area contributed by atoms with Crippen molar-refractivity contribution in [1.29, 1.82) is 0 Å². The second-order valence-electron chi connectivity index (χ2n) is 9.64. The molecule has 0 unspecified atom stereocenters. The van der Waals surface area contributed by atoms with Gasteiger partial charge in [-0.2, -0.15) is 0 Å². The van der Waals surface area contributed by atoms with Crippen LogP contribution >= 0.6 is 0 Å². The second kappa shape index (κ2) is 3.98. The Bertz CT molecular complexity index is 719. The van der Waals surface area contributed by atoms with Gasteiger partial charge in [-0.15, -0.1) is 0 Å². The maximum atomic E-state index is 13.4. The van der Waals surface area contributed by atoms with Gasteiger partial charge in [0.05, 0.1) is 11.5 Å². The molecule has 5 rings (SSSR count). The Balaban J connectivity index is 1.72. The summed E-state index contributed by atoms with van der Waals surface area (Å²) >= 11 is 0. The van der Waals surface area contributed by atoms with E-state index in [2.05, 4.69) is 20.8 Å². The number of esters is 1. The Morgan fingerprint density at radius 1 is 1.04 bits per heavy atom. The van der Waals surface area contributed by atoms with Gasteiger partial charge in [0.25, 0.3) is 0 Å². The van der Waals surface area contributed by atoms with Gasteiger partial charge in [-0.1, -0.05) is 27.2 Å². The topological polar surface area (TPSA) is 55.9 Å². The standard InChI is InChI=1S/C20H26O4/c1-17(2)6-5-7-18(3)13(17)9-14(21)19(4)12-10-23-16(22)11(12)8-15-20(18,19)24-15/h13,15H,5-10H2,1-4H3/t13-,15+,18-,19+,20-/m0/s1. The number of rotatable bonds is 0. The number of Topliss-reactive ketones (excluding diaryl/α,β-unsaturated/α-hetero) is 1. The van der Waals surface area contributed by atoms with E-state index in [1.165, 1.54) is 12.8 Å². The molecule has 24 heavy (non-hydrogen) atoms. The zero-order valence-corrected chi connectivity index (χ0v) is 15.0. The Morgan fingerprint density at radius 2 is 1.79 bits per heavy atom. The van der Waals surface area contributed by atoms with Crippen LogP contribution in [0.2, 0.25) is 0 Å². The lowest BCUT2D eigenvalue weighted by atomic mass is 9.40. The number of ketones is 1. The minimum Gasteiger partial charge on any atom is -0.458 e. The predicted octanol–water partition coefficient (Wildman–Crippen LogP) is 3.19. The molecule has 4 nitrogen and oxygen atoms in total. The predicted molar refractivity (Wildman–Crippen MR) is 87.2 cm³/mol. The molecule has 0 aromatic rings. The Hall–Kier alpha value is -1.16. The summed E-state index contributed by atoms with van der Waals surface area (Å²) in [5.74, 6) is 0.372. The fourth-order valence-electron chi connectivity index (χ4n) is 7.22. The molecule has 2 heterocycles. The molecule has 5 aliphatic rings. The molecule has 2 aliphatic heterocycles. The first-order valence-electron chi connectivity index (χ1n) is 9.29. The van der Waals surface area contributed by atoms with Gasteiger partial charge in [0, 0.05) is 23.8 Å². The van der Waals surface area contributed by atoms with E-state index in [0.29, 0.717) is 18.8 Å². The van der Waals surface area contributed by atoms with Gasteiger partial charge in [0.15, 0.2) is 0 Å². The summed E-state index contributed by atoms with van der Waals surface area (Å²) in [5, 5.41) is 0. The van der Waals surface area contributed by atoms with Crippen molar-refractivity contribution in [3.05, 3.63) is 11.1 Å². The zero-order valence-electron chi connectivity index (χ0n) is 15.0. The minimum absolute atomic E-state index is 0.00227. The molecule has 1 saturated heterocycles. The molecule has 0 aromatic heterocycles. The van der Waals surface area contributed by atoms with Crippen molar-refractivity contribution in [2.45, 2.75) is 71.5 Å². The molecule has 0 bridgehead atoms. The molecule has 2 saturated carbocycles. The normalized spacial score (nSPS) is 51.3. The minimum atomic E-state index is -0.684. The number of hydrogen-bond acceptors (Lipinski definition) is 4. The van der Waals surface area contributed by atoms with Crippen LogP contribution in [0.25, 0.3) is 0 Å². The lowest BCUT2D eigenvalue weighted by molar-refractivity contribution is -0.164. The van der Waals surface area contributed by atoms with E-state index in [1.54, 1.807) is 0 Å². The summed E-state index contributed by atoms with van der Waals surface area (Å²) in [4.78, 5) is 25.5. The van der Waals surface area contributed by atoms with E-state index >= 15 is 0 Å². The van der Waals surface area contributed by atoms with E-state index in [-0.39, 0.29) is 35.3 Å². The van der Waals surface area contributed by atoms with E-state index in [4.69, 9.17) is 9.47 Å². The first-order chi connectivity index (χ1) is 11.2. The summed E-state index contributed by atoms with van der Waals surface area (Å²) in [6.45, 7) is 9.29. The highest BCUT2D eigenvalue weighted by Crippen LogP contribution is 2.76. The smallest absolute Gasteiger partial charge is 0.334 e. The van der Waals surface area contributed by atoms with Crippen molar-refractivity contribution < 1.29 is 19.1 Å². The fraction of sp³-hybridized carbons (Fsp3) is 0.800. The van der Waals surface area contributed by atoms with Gasteiger partial charge in [-0.25, -0.2) is 4.79 Å². The van der Waals surface area contributed by atoms with Gasteiger partial charge >= 0.3 is 5.97 Å². The molecule has 4 heteroatoms. The van der Waals surface area contributed by atoms with Crippen molar-refractivity contribution >= 4 is 11.8 Å². The number of hydrogen-bond donors (Lipinski definition) is 0. The zero-order chi connectivity index (χ0) is 17.1. The number of ether oxygens (including phenoxy) is 2. The largest absolute Gasteiger partial charge is 0.458 e. The van der Waals surface area contributed by atoms with Crippen LogP contribution in [0.3, 0.4) is 0 Å². The first kappa shape index (κ1) is 15.1. The van der Waals surface area contributed by atoms with Crippen LogP contribution in [0.5, 0.6) is 0 Å². The van der Waals surface area contributed by atoms with Crippen molar-refractivity contribution in [2.24, 2.45) is 22.2 Å². The molecular weight excluding hydrogens is 304 g/mol. The molecule has 5 atom stereocenters. The van der Waals surface area contributed by atoms with Crippen LogP contribution in [0.1, 0.15) is 59.8 Å². The highest BCUT2D eigenvalue weighted by atomic mass is 16.6. The van der Waals surface area contributed by atoms with Crippen molar-refractivity contribution in [1.82, 2.24) is 0 Å². The van der Waals surface area contributed by atoms with Gasteiger partial charge in [-0.3, -0.25) is 4.79 Å². The highest BCUT2D eigenvalue weighted by Gasteiger charge is 2.84. The van der Waals surface area contributed by atoms with E-state index < -0.39 is 11.0 Å². The molecule has 130 valence electrons. The monoisotopic (exact) mass is 330 g/mol. The number of epoxide rings is 1. The maximum Gasteiger partial charge on any atom is 0.334 e. The van der Waals surface area contributed by atoms with Crippen LogP contribution in [-0.2, 0) is 19.1 Å². The molecule has 0 amide bonds. The average molecular weight is 330 g/mol. The van der Waals surface area contributed by atoms with Gasteiger partial charge in [-0.05, 0) is 36.7 Å². The Labute approximate surface area is 143 Å². The average Bonchev–Trinajstić information content (AvgIpc) is 3.14. The van der Waals surface area contributed by atoms with Crippen LogP contribution < -0.4 is 0 Å². The fourth-order valence-corrected chi connectivity index (χ4v) is 7.22. The van der Waals surface area contributed by atoms with Crippen LogP contribution in [0.4, 0.5) is 0 Å². The lowest BCUT2D eigenvalue weighted by Crippen LogP contribution is -2.66. The summed E-state index contributed by atoms with van der Waals surface area (Å²) < 4.78 is 11.7. The third kappa shape index (κ3) is 1.32. The summed E-state index contributed by atoms with van der Waals surface area (Å²) in [5.41, 5.74) is 0.689. The van der Waals surface area contributed by atoms with E-state index in [1.807, 2.05) is 6.92 Å². The Kier molecular flexibility index (Phi) is 2.51. The molecule has 0 aromatic carbocycles. The lowest BCUT2D eigenvalue weighted by Gasteiger charge is -2.61. The molecule has 0 N–H and O–H groups in total. The molecular formula is C20H26O4. The SMILES string of the molecule is CC1(C)CCC[C@@]2(C)[C@H]1CC(=O)[C@@]1(C)C3=C(C[C@H]4O[C@]412)C(=O)OC3. The Morgan fingerprint density at radius 3 is 2.54 bits per heavy atom. The number of carbonyl (C=O) groups excluding carboxylic acids is 2. The van der Waals surface area contributed by atoms with Gasteiger partial charge < -0.3 is 9.47 Å². The highest BCUT2D eigenvalue weighted by molar-refractivity contribution is 5.99. The van der Waals surface area contributed by atoms with E-state index in [0.717, 1.165) is 17.6 Å².